The predicted molar refractivity (Wildman–Crippen MR) is 85.8 cm³/mol. The lowest BCUT2D eigenvalue weighted by Crippen LogP contribution is -2.66. The summed E-state index contributed by atoms with van der Waals surface area (Å²) in [6, 6.07) is -0.691. The summed E-state index contributed by atoms with van der Waals surface area (Å²) in [5, 5.41) is 2.91. The van der Waals surface area contributed by atoms with Crippen molar-refractivity contribution < 1.29 is 9.59 Å². The van der Waals surface area contributed by atoms with E-state index in [-0.39, 0.29) is 35.2 Å². The Hall–Kier alpha value is -1.06. The molecule has 1 N–H and O–H groups in total. The maximum absolute atomic E-state index is 12.8. The normalized spacial score (nSPS) is 24.0. The van der Waals surface area contributed by atoms with Crippen LogP contribution >= 0.6 is 0 Å². The van der Waals surface area contributed by atoms with E-state index in [1.807, 2.05) is 25.7 Å². The van der Waals surface area contributed by atoms with Gasteiger partial charge in [-0.25, -0.2) is 0 Å². The Morgan fingerprint density at radius 3 is 2.19 bits per heavy atom. The van der Waals surface area contributed by atoms with Crippen LogP contribution in [0.1, 0.15) is 61.3 Å². The standard InChI is InChI=1S/C17H32N2O2/c1-8-9-13-16(21)19(10-17(6,7)12(4)5)14(11(2)3)15(20)18-13/h11-14H,8-10H2,1-7H3,(H,18,20). The van der Waals surface area contributed by atoms with E-state index in [0.717, 1.165) is 6.42 Å². The molecular weight excluding hydrogens is 264 g/mol. The van der Waals surface area contributed by atoms with Crippen molar-refractivity contribution in [2.45, 2.75) is 73.4 Å². The molecule has 0 spiro atoms. The molecule has 1 saturated heterocycles. The minimum atomic E-state index is -0.347. The fraction of sp³-hybridized carbons (Fsp3) is 0.882. The number of hydrogen-bond donors (Lipinski definition) is 1. The molecule has 4 nitrogen and oxygen atoms in total. The fourth-order valence-electron chi connectivity index (χ4n) is 2.74. The Morgan fingerprint density at radius 2 is 1.76 bits per heavy atom. The van der Waals surface area contributed by atoms with Gasteiger partial charge in [-0.15, -0.1) is 0 Å². The van der Waals surface area contributed by atoms with Crippen LogP contribution in [0.2, 0.25) is 0 Å². The van der Waals surface area contributed by atoms with Gasteiger partial charge in [-0.05, 0) is 23.7 Å². The van der Waals surface area contributed by atoms with E-state index >= 15 is 0 Å². The third-order valence-electron chi connectivity index (χ3n) is 4.85. The molecule has 21 heavy (non-hydrogen) atoms. The Kier molecular flexibility index (Phi) is 5.83. The second-order valence-electron chi connectivity index (χ2n) is 7.65. The smallest absolute Gasteiger partial charge is 0.245 e. The van der Waals surface area contributed by atoms with Crippen LogP contribution in [0, 0.1) is 17.3 Å². The molecule has 1 aliphatic rings. The molecule has 0 aromatic rings. The number of piperazine rings is 1. The first-order chi connectivity index (χ1) is 9.61. The van der Waals surface area contributed by atoms with Gasteiger partial charge in [0, 0.05) is 6.54 Å². The number of amides is 2. The van der Waals surface area contributed by atoms with E-state index in [0.29, 0.717) is 18.9 Å². The molecular formula is C17H32N2O2. The summed E-state index contributed by atoms with van der Waals surface area (Å²) in [7, 11) is 0. The number of carbonyl (C=O) groups excluding carboxylic acids is 2. The van der Waals surface area contributed by atoms with E-state index in [1.165, 1.54) is 0 Å². The minimum absolute atomic E-state index is 0.00241. The first-order valence-electron chi connectivity index (χ1n) is 8.22. The van der Waals surface area contributed by atoms with Crippen molar-refractivity contribution >= 4 is 11.8 Å². The molecule has 2 unspecified atom stereocenters. The van der Waals surface area contributed by atoms with Crippen LogP contribution in [-0.2, 0) is 9.59 Å². The Balaban J connectivity index is 3.06. The third-order valence-corrected chi connectivity index (χ3v) is 4.85. The lowest BCUT2D eigenvalue weighted by atomic mass is 9.79. The van der Waals surface area contributed by atoms with Crippen molar-refractivity contribution in [1.29, 1.82) is 0 Å². The minimum Gasteiger partial charge on any atom is -0.342 e. The van der Waals surface area contributed by atoms with Crippen LogP contribution in [0.5, 0.6) is 0 Å². The van der Waals surface area contributed by atoms with E-state index in [9.17, 15) is 9.59 Å². The first kappa shape index (κ1) is 18.0. The van der Waals surface area contributed by atoms with Crippen LogP contribution < -0.4 is 5.32 Å². The van der Waals surface area contributed by atoms with Gasteiger partial charge in [-0.1, -0.05) is 54.9 Å². The lowest BCUT2D eigenvalue weighted by Gasteiger charge is -2.45. The summed E-state index contributed by atoms with van der Waals surface area (Å²) < 4.78 is 0. The van der Waals surface area contributed by atoms with E-state index < -0.39 is 0 Å². The lowest BCUT2D eigenvalue weighted by molar-refractivity contribution is -0.153. The zero-order chi connectivity index (χ0) is 16.4. The highest BCUT2D eigenvalue weighted by Gasteiger charge is 2.43. The zero-order valence-electron chi connectivity index (χ0n) is 14.7. The quantitative estimate of drug-likeness (QED) is 0.819. The van der Waals surface area contributed by atoms with Crippen molar-refractivity contribution in [2.24, 2.45) is 17.3 Å². The number of nitrogens with one attached hydrogen (secondary N) is 1. The van der Waals surface area contributed by atoms with Crippen LogP contribution in [-0.4, -0.2) is 35.3 Å². The molecule has 0 aromatic heterocycles. The highest BCUT2D eigenvalue weighted by molar-refractivity contribution is 5.97. The molecule has 0 saturated carbocycles. The molecule has 1 heterocycles. The first-order valence-corrected chi connectivity index (χ1v) is 8.22. The van der Waals surface area contributed by atoms with Crippen LogP contribution in [0.3, 0.4) is 0 Å². The highest BCUT2D eigenvalue weighted by Crippen LogP contribution is 2.30. The molecule has 4 heteroatoms. The van der Waals surface area contributed by atoms with Crippen LogP contribution in [0.25, 0.3) is 0 Å². The highest BCUT2D eigenvalue weighted by atomic mass is 16.2. The van der Waals surface area contributed by atoms with Crippen molar-refractivity contribution in [1.82, 2.24) is 10.2 Å². The monoisotopic (exact) mass is 296 g/mol. The summed E-state index contributed by atoms with van der Waals surface area (Å²) in [6.45, 7) is 15.4. The average molecular weight is 296 g/mol. The van der Waals surface area contributed by atoms with Gasteiger partial charge in [0.25, 0.3) is 0 Å². The van der Waals surface area contributed by atoms with E-state index in [1.54, 1.807) is 0 Å². The van der Waals surface area contributed by atoms with Gasteiger partial charge in [-0.2, -0.15) is 0 Å². The van der Waals surface area contributed by atoms with Gasteiger partial charge < -0.3 is 10.2 Å². The molecule has 1 rings (SSSR count). The van der Waals surface area contributed by atoms with Crippen molar-refractivity contribution in [3.63, 3.8) is 0 Å². The van der Waals surface area contributed by atoms with Gasteiger partial charge in [-0.3, -0.25) is 9.59 Å². The van der Waals surface area contributed by atoms with Gasteiger partial charge in [0.05, 0.1) is 0 Å². The molecule has 0 aromatic carbocycles. The summed E-state index contributed by atoms with van der Waals surface area (Å²) in [5.41, 5.74) is -0.00279. The largest absolute Gasteiger partial charge is 0.342 e. The summed E-state index contributed by atoms with van der Waals surface area (Å²) in [4.78, 5) is 27.1. The van der Waals surface area contributed by atoms with E-state index in [4.69, 9.17) is 0 Å². The number of rotatable bonds is 6. The Morgan fingerprint density at radius 1 is 1.19 bits per heavy atom. The van der Waals surface area contributed by atoms with Crippen molar-refractivity contribution in [2.75, 3.05) is 6.54 Å². The SMILES string of the molecule is CCCC1NC(=O)C(C(C)C)N(CC(C)(C)C(C)C)C1=O. The molecule has 0 bridgehead atoms. The Bertz CT molecular complexity index is 388. The predicted octanol–water partition coefficient (Wildman–Crippen LogP) is 2.82. The second-order valence-corrected chi connectivity index (χ2v) is 7.65. The van der Waals surface area contributed by atoms with Gasteiger partial charge in [0.2, 0.25) is 11.8 Å². The molecule has 0 aliphatic carbocycles. The van der Waals surface area contributed by atoms with E-state index in [2.05, 4.69) is 33.0 Å². The average Bonchev–Trinajstić information content (AvgIpc) is 2.34. The molecule has 122 valence electrons. The molecule has 2 amide bonds. The number of nitrogens with zero attached hydrogens (tertiary/aromatic N) is 1. The third kappa shape index (κ3) is 3.98. The Labute approximate surface area is 129 Å². The zero-order valence-corrected chi connectivity index (χ0v) is 14.7. The molecule has 1 aliphatic heterocycles. The molecule has 0 radical (unpaired) electrons. The van der Waals surface area contributed by atoms with Gasteiger partial charge in [0.1, 0.15) is 12.1 Å². The summed E-state index contributed by atoms with van der Waals surface area (Å²) in [6.07, 6.45) is 1.61. The molecule has 1 fully saturated rings. The van der Waals surface area contributed by atoms with Crippen molar-refractivity contribution in [3.8, 4) is 0 Å². The van der Waals surface area contributed by atoms with Gasteiger partial charge >= 0.3 is 0 Å². The molecule has 2 atom stereocenters. The van der Waals surface area contributed by atoms with Gasteiger partial charge in [0.15, 0.2) is 0 Å². The topological polar surface area (TPSA) is 49.4 Å². The maximum Gasteiger partial charge on any atom is 0.245 e. The van der Waals surface area contributed by atoms with Crippen LogP contribution in [0.4, 0.5) is 0 Å². The summed E-state index contributed by atoms with van der Waals surface area (Å²) >= 11 is 0. The summed E-state index contributed by atoms with van der Waals surface area (Å²) in [5.74, 6) is 0.665. The number of hydrogen-bond acceptors (Lipinski definition) is 2. The maximum atomic E-state index is 12.8. The second kappa shape index (κ2) is 6.80. The van der Waals surface area contributed by atoms with Crippen molar-refractivity contribution in [3.05, 3.63) is 0 Å². The fourth-order valence-corrected chi connectivity index (χ4v) is 2.74. The number of carbonyl (C=O) groups is 2. The van der Waals surface area contributed by atoms with Crippen LogP contribution in [0.15, 0.2) is 0 Å².